The Kier molecular flexibility index (Phi) is 5.67. The first-order valence-electron chi connectivity index (χ1n) is 11.3. The summed E-state index contributed by atoms with van der Waals surface area (Å²) in [6, 6.07) is 3.73. The van der Waals surface area contributed by atoms with Gasteiger partial charge in [-0.25, -0.2) is 14.4 Å². The fraction of sp³-hybridized carbons (Fsp3) is 0.591. The molecule has 0 radical (unpaired) electrons. The van der Waals surface area contributed by atoms with Gasteiger partial charge in [0, 0.05) is 56.5 Å². The highest BCUT2D eigenvalue weighted by molar-refractivity contribution is 5.68. The van der Waals surface area contributed by atoms with Crippen LogP contribution in [0.2, 0.25) is 0 Å². The maximum Gasteiger partial charge on any atom is 0.387 e. The lowest BCUT2D eigenvalue weighted by atomic mass is 10.1. The van der Waals surface area contributed by atoms with Crippen LogP contribution in [0.3, 0.4) is 0 Å². The monoisotopic (exact) mass is 463 g/mol. The fourth-order valence-electron chi connectivity index (χ4n) is 4.95. The number of aromatic nitrogens is 3. The second-order valence-corrected chi connectivity index (χ2v) is 9.26. The van der Waals surface area contributed by atoms with E-state index < -0.39 is 12.3 Å². The van der Waals surface area contributed by atoms with E-state index in [0.29, 0.717) is 36.2 Å². The first-order chi connectivity index (χ1) is 15.8. The maximum atomic E-state index is 14.6. The largest absolute Gasteiger partial charge is 0.431 e. The van der Waals surface area contributed by atoms with E-state index in [1.807, 2.05) is 11.0 Å². The van der Waals surface area contributed by atoms with Crippen LogP contribution in [0.15, 0.2) is 18.3 Å². The third-order valence-corrected chi connectivity index (χ3v) is 6.71. The average Bonchev–Trinajstić information content (AvgIpc) is 3.40. The van der Waals surface area contributed by atoms with E-state index in [2.05, 4.69) is 24.5 Å². The molecule has 2 aromatic rings. The zero-order chi connectivity index (χ0) is 23.2. The van der Waals surface area contributed by atoms with Crippen molar-refractivity contribution < 1.29 is 17.9 Å². The van der Waals surface area contributed by atoms with Crippen LogP contribution in [0.5, 0.6) is 5.75 Å². The third kappa shape index (κ3) is 4.64. The minimum atomic E-state index is -3.02. The number of fused-ring (bicyclic) bond motifs is 1. The summed E-state index contributed by atoms with van der Waals surface area (Å²) in [5.41, 5.74) is 5.38. The number of anilines is 3. The molecule has 5 heterocycles. The van der Waals surface area contributed by atoms with Gasteiger partial charge >= 0.3 is 6.61 Å². The first kappa shape index (κ1) is 22.0. The van der Waals surface area contributed by atoms with Gasteiger partial charge in [0.2, 0.25) is 5.95 Å². The van der Waals surface area contributed by atoms with Crippen LogP contribution < -0.4 is 20.3 Å². The standard InChI is InChI=1S/C22H28F3N7O/c1-22(25)4-6-32(13-22)21-28-16(14-9-17(33-20(23)24)19(26)27-11-14)10-18(29-21)31-8-7-30-5-2-3-15(30)12-31/h9-11,15,20H,2-8,12-13H2,1H3,(H2,26,27)/t15?,22-/m0/s1. The van der Waals surface area contributed by atoms with Crippen molar-refractivity contribution >= 4 is 17.6 Å². The summed E-state index contributed by atoms with van der Waals surface area (Å²) in [5, 5.41) is 0. The molecule has 0 spiro atoms. The Hall–Kier alpha value is -2.82. The number of nitrogen functional groups attached to an aromatic ring is 1. The van der Waals surface area contributed by atoms with E-state index in [-0.39, 0.29) is 18.1 Å². The quantitative estimate of drug-likeness (QED) is 0.725. The van der Waals surface area contributed by atoms with Gasteiger partial charge in [-0.1, -0.05) is 0 Å². The maximum absolute atomic E-state index is 14.6. The molecule has 11 heteroatoms. The van der Waals surface area contributed by atoms with Crippen LogP contribution >= 0.6 is 0 Å². The van der Waals surface area contributed by atoms with Crippen molar-refractivity contribution in [2.24, 2.45) is 0 Å². The van der Waals surface area contributed by atoms with Crippen molar-refractivity contribution in [3.63, 3.8) is 0 Å². The SMILES string of the molecule is C[C@]1(F)CCN(c2nc(-c3cnc(N)c(OC(F)F)c3)cc(N3CCN4CCCC4C3)n2)C1. The molecule has 3 aliphatic heterocycles. The molecular weight excluding hydrogens is 435 g/mol. The summed E-state index contributed by atoms with van der Waals surface area (Å²) in [6.07, 6.45) is 4.23. The molecule has 1 unspecified atom stereocenters. The minimum absolute atomic E-state index is 0.126. The van der Waals surface area contributed by atoms with E-state index in [0.717, 1.165) is 38.4 Å². The molecule has 3 aliphatic rings. The van der Waals surface area contributed by atoms with Crippen LogP contribution in [-0.4, -0.2) is 77.4 Å². The lowest BCUT2D eigenvalue weighted by Crippen LogP contribution is -2.50. The summed E-state index contributed by atoms with van der Waals surface area (Å²) >= 11 is 0. The number of hydrogen-bond donors (Lipinski definition) is 1. The molecule has 33 heavy (non-hydrogen) atoms. The van der Waals surface area contributed by atoms with Crippen molar-refractivity contribution in [2.45, 2.75) is 44.5 Å². The van der Waals surface area contributed by atoms with Gasteiger partial charge in [0.25, 0.3) is 0 Å². The smallest absolute Gasteiger partial charge is 0.387 e. The van der Waals surface area contributed by atoms with Gasteiger partial charge in [0.15, 0.2) is 11.6 Å². The summed E-state index contributed by atoms with van der Waals surface area (Å²) in [6.45, 7) is 3.04. The molecule has 3 fully saturated rings. The van der Waals surface area contributed by atoms with Crippen LogP contribution in [-0.2, 0) is 0 Å². The molecule has 178 valence electrons. The van der Waals surface area contributed by atoms with Gasteiger partial charge in [-0.05, 0) is 32.4 Å². The number of nitrogens with two attached hydrogens (primary N) is 1. The van der Waals surface area contributed by atoms with E-state index in [1.54, 1.807) is 6.92 Å². The third-order valence-electron chi connectivity index (χ3n) is 6.71. The minimum Gasteiger partial charge on any atom is -0.431 e. The number of hydrogen-bond acceptors (Lipinski definition) is 8. The van der Waals surface area contributed by atoms with Gasteiger partial charge in [-0.15, -0.1) is 0 Å². The molecule has 0 saturated carbocycles. The Bertz CT molecular complexity index is 1020. The number of halogens is 3. The van der Waals surface area contributed by atoms with Gasteiger partial charge in [-0.3, -0.25) is 4.90 Å². The second kappa shape index (κ2) is 8.51. The van der Waals surface area contributed by atoms with E-state index >= 15 is 0 Å². The van der Waals surface area contributed by atoms with Gasteiger partial charge < -0.3 is 20.3 Å². The zero-order valence-corrected chi connectivity index (χ0v) is 18.6. The van der Waals surface area contributed by atoms with Crippen LogP contribution in [0, 0.1) is 0 Å². The van der Waals surface area contributed by atoms with Crippen LogP contribution in [0.25, 0.3) is 11.3 Å². The van der Waals surface area contributed by atoms with Gasteiger partial charge in [0.05, 0.1) is 12.2 Å². The summed E-state index contributed by atoms with van der Waals surface area (Å²) in [4.78, 5) is 20.0. The molecule has 2 aromatic heterocycles. The summed E-state index contributed by atoms with van der Waals surface area (Å²) < 4.78 is 44.7. The fourth-order valence-corrected chi connectivity index (χ4v) is 4.95. The normalized spacial score (nSPS) is 25.7. The van der Waals surface area contributed by atoms with Crippen molar-refractivity contribution in [3.05, 3.63) is 18.3 Å². The highest BCUT2D eigenvalue weighted by Gasteiger charge is 2.36. The molecule has 0 aromatic carbocycles. The predicted octanol–water partition coefficient (Wildman–Crippen LogP) is 2.94. The Labute approximate surface area is 190 Å². The highest BCUT2D eigenvalue weighted by Crippen LogP contribution is 2.34. The molecule has 2 N–H and O–H groups in total. The molecule has 8 nitrogen and oxygen atoms in total. The number of ether oxygens (including phenoxy) is 1. The second-order valence-electron chi connectivity index (χ2n) is 9.26. The Morgan fingerprint density at radius 1 is 1.15 bits per heavy atom. The molecule has 2 atom stereocenters. The number of pyridine rings is 1. The highest BCUT2D eigenvalue weighted by atomic mass is 19.3. The number of nitrogens with zero attached hydrogens (tertiary/aromatic N) is 6. The summed E-state index contributed by atoms with van der Waals surface area (Å²) in [7, 11) is 0. The van der Waals surface area contributed by atoms with Crippen molar-refractivity contribution in [1.29, 1.82) is 0 Å². The number of rotatable bonds is 5. The molecule has 0 aliphatic carbocycles. The van der Waals surface area contributed by atoms with Gasteiger partial charge in [0.1, 0.15) is 11.5 Å². The van der Waals surface area contributed by atoms with Crippen LogP contribution in [0.4, 0.5) is 30.8 Å². The van der Waals surface area contributed by atoms with Gasteiger partial charge in [-0.2, -0.15) is 13.8 Å². The molecule has 0 amide bonds. The predicted molar refractivity (Wildman–Crippen MR) is 119 cm³/mol. The van der Waals surface area contributed by atoms with Crippen molar-refractivity contribution in [1.82, 2.24) is 19.9 Å². The molecule has 3 saturated heterocycles. The van der Waals surface area contributed by atoms with Crippen LogP contribution in [0.1, 0.15) is 26.2 Å². The zero-order valence-electron chi connectivity index (χ0n) is 18.6. The molecule has 0 bridgehead atoms. The first-order valence-corrected chi connectivity index (χ1v) is 11.3. The average molecular weight is 464 g/mol. The number of alkyl halides is 3. The Morgan fingerprint density at radius 2 is 2.00 bits per heavy atom. The molecule has 5 rings (SSSR count). The number of piperazine rings is 1. The van der Waals surface area contributed by atoms with E-state index in [1.165, 1.54) is 18.7 Å². The Balaban J connectivity index is 1.52. The van der Waals surface area contributed by atoms with E-state index in [4.69, 9.17) is 10.7 Å². The lowest BCUT2D eigenvalue weighted by molar-refractivity contribution is -0.0494. The summed E-state index contributed by atoms with van der Waals surface area (Å²) in [5.74, 6) is 0.827. The van der Waals surface area contributed by atoms with Crippen molar-refractivity contribution in [3.8, 4) is 17.0 Å². The Morgan fingerprint density at radius 3 is 2.76 bits per heavy atom. The van der Waals surface area contributed by atoms with E-state index in [9.17, 15) is 13.2 Å². The topological polar surface area (TPSA) is 83.6 Å². The molecular formula is C22H28F3N7O. The lowest BCUT2D eigenvalue weighted by Gasteiger charge is -2.38. The van der Waals surface area contributed by atoms with Crippen molar-refractivity contribution in [2.75, 3.05) is 54.8 Å².